The van der Waals surface area contributed by atoms with Gasteiger partial charge in [0, 0.05) is 5.69 Å². The quantitative estimate of drug-likeness (QED) is 0.712. The summed E-state index contributed by atoms with van der Waals surface area (Å²) < 4.78 is 4.94. The number of nitrogens with zero attached hydrogens (tertiary/aromatic N) is 1. The van der Waals surface area contributed by atoms with E-state index in [2.05, 4.69) is 0 Å². The van der Waals surface area contributed by atoms with Crippen LogP contribution in [0.15, 0.2) is 12.1 Å². The lowest BCUT2D eigenvalue weighted by Crippen LogP contribution is -2.04. The topological polar surface area (TPSA) is 96.3 Å². The summed E-state index contributed by atoms with van der Waals surface area (Å²) in [6.07, 6.45) is -0.187. The minimum atomic E-state index is -0.978. The van der Waals surface area contributed by atoms with Crippen LogP contribution in [0.25, 0.3) is 0 Å². The molecule has 0 fully saturated rings. The van der Waals surface area contributed by atoms with Crippen LogP contribution >= 0.6 is 0 Å². The summed E-state index contributed by atoms with van der Waals surface area (Å²) in [4.78, 5) is 10.5. The van der Waals surface area contributed by atoms with Gasteiger partial charge in [-0.05, 0) is 17.7 Å². The van der Waals surface area contributed by atoms with Crippen molar-refractivity contribution in [3.63, 3.8) is 0 Å². The first-order valence-electron chi connectivity index (χ1n) is 4.16. The number of benzene rings is 1. The number of aliphatic carboxylic acids is 1. The zero-order chi connectivity index (χ0) is 11.4. The van der Waals surface area contributed by atoms with Crippen LogP contribution in [-0.4, -0.2) is 18.2 Å². The van der Waals surface area contributed by atoms with Crippen LogP contribution in [0.4, 0.5) is 5.69 Å². The van der Waals surface area contributed by atoms with Crippen molar-refractivity contribution in [1.29, 1.82) is 5.26 Å². The van der Waals surface area contributed by atoms with E-state index in [4.69, 9.17) is 20.8 Å². The summed E-state index contributed by atoms with van der Waals surface area (Å²) in [6, 6.07) is 4.80. The van der Waals surface area contributed by atoms with Crippen LogP contribution in [-0.2, 0) is 11.2 Å². The van der Waals surface area contributed by atoms with Gasteiger partial charge in [0.2, 0.25) is 0 Å². The fraction of sp³-hybridized carbons (Fsp3) is 0.200. The van der Waals surface area contributed by atoms with Crippen molar-refractivity contribution < 1.29 is 14.6 Å². The molecule has 3 N–H and O–H groups in total. The molecule has 0 saturated carbocycles. The molecule has 0 aromatic heterocycles. The molecule has 0 saturated heterocycles. The summed E-state index contributed by atoms with van der Waals surface area (Å²) in [7, 11) is 1.41. The van der Waals surface area contributed by atoms with Gasteiger partial charge in [-0.15, -0.1) is 0 Å². The largest absolute Gasteiger partial charge is 0.495 e. The molecular weight excluding hydrogens is 196 g/mol. The van der Waals surface area contributed by atoms with E-state index in [0.717, 1.165) is 0 Å². The van der Waals surface area contributed by atoms with E-state index in [1.54, 1.807) is 0 Å². The second kappa shape index (κ2) is 4.33. The minimum Gasteiger partial charge on any atom is -0.495 e. The molecule has 1 aromatic rings. The van der Waals surface area contributed by atoms with Gasteiger partial charge in [0.1, 0.15) is 11.8 Å². The van der Waals surface area contributed by atoms with Gasteiger partial charge in [0.05, 0.1) is 19.1 Å². The molecule has 15 heavy (non-hydrogen) atoms. The van der Waals surface area contributed by atoms with Crippen molar-refractivity contribution in [2.45, 2.75) is 6.42 Å². The van der Waals surface area contributed by atoms with Crippen LogP contribution in [0.5, 0.6) is 5.75 Å². The third-order valence-corrected chi connectivity index (χ3v) is 1.92. The van der Waals surface area contributed by atoms with Gasteiger partial charge >= 0.3 is 5.97 Å². The number of nitriles is 1. The Kier molecular flexibility index (Phi) is 3.13. The summed E-state index contributed by atoms with van der Waals surface area (Å²) in [6.45, 7) is 0. The Morgan fingerprint density at radius 1 is 1.67 bits per heavy atom. The van der Waals surface area contributed by atoms with E-state index < -0.39 is 5.97 Å². The molecule has 0 radical (unpaired) electrons. The number of carbonyl (C=O) groups is 1. The van der Waals surface area contributed by atoms with Gasteiger partial charge in [-0.1, -0.05) is 0 Å². The molecule has 0 atom stereocenters. The summed E-state index contributed by atoms with van der Waals surface area (Å²) in [5.74, 6) is -0.642. The highest BCUT2D eigenvalue weighted by atomic mass is 16.5. The van der Waals surface area contributed by atoms with Crippen molar-refractivity contribution in [2.24, 2.45) is 0 Å². The molecule has 0 amide bonds. The average molecular weight is 206 g/mol. The van der Waals surface area contributed by atoms with Gasteiger partial charge < -0.3 is 15.6 Å². The normalized spacial score (nSPS) is 9.33. The molecule has 78 valence electrons. The Labute approximate surface area is 86.7 Å². The van der Waals surface area contributed by atoms with Crippen molar-refractivity contribution in [3.05, 3.63) is 23.3 Å². The van der Waals surface area contributed by atoms with E-state index >= 15 is 0 Å². The number of ether oxygens (including phenoxy) is 1. The number of nitrogens with two attached hydrogens (primary N) is 1. The van der Waals surface area contributed by atoms with Gasteiger partial charge in [-0.2, -0.15) is 5.26 Å². The zero-order valence-electron chi connectivity index (χ0n) is 8.15. The van der Waals surface area contributed by atoms with Gasteiger partial charge in [0.15, 0.2) is 0 Å². The lowest BCUT2D eigenvalue weighted by Gasteiger charge is -2.07. The second-order valence-electron chi connectivity index (χ2n) is 2.93. The number of hydrogen-bond acceptors (Lipinski definition) is 4. The van der Waals surface area contributed by atoms with Crippen LogP contribution in [0.2, 0.25) is 0 Å². The number of hydrogen-bond donors (Lipinski definition) is 2. The Morgan fingerprint density at radius 3 is 2.80 bits per heavy atom. The Hall–Kier alpha value is -2.22. The number of nitrogen functional groups attached to an aromatic ring is 1. The Balaban J connectivity index is 3.21. The maximum absolute atomic E-state index is 10.5. The van der Waals surface area contributed by atoms with Crippen molar-refractivity contribution in [2.75, 3.05) is 12.8 Å². The number of carboxylic acids is 1. The highest BCUT2D eigenvalue weighted by Gasteiger charge is 2.10. The Bertz CT molecular complexity index is 435. The third-order valence-electron chi connectivity index (χ3n) is 1.92. The molecule has 0 aliphatic heterocycles. The lowest BCUT2D eigenvalue weighted by atomic mass is 10.1. The van der Waals surface area contributed by atoms with E-state index in [1.807, 2.05) is 6.07 Å². The molecule has 1 aromatic carbocycles. The van der Waals surface area contributed by atoms with Gasteiger partial charge in [-0.3, -0.25) is 4.79 Å². The van der Waals surface area contributed by atoms with Crippen LogP contribution < -0.4 is 10.5 Å². The average Bonchev–Trinajstić information content (AvgIpc) is 2.19. The number of rotatable bonds is 3. The van der Waals surface area contributed by atoms with E-state index in [-0.39, 0.29) is 12.1 Å². The molecule has 0 bridgehead atoms. The molecule has 0 spiro atoms. The minimum absolute atomic E-state index is 0.187. The van der Waals surface area contributed by atoms with Gasteiger partial charge in [0.25, 0.3) is 0 Å². The molecule has 0 aliphatic rings. The van der Waals surface area contributed by atoms with Crippen molar-refractivity contribution >= 4 is 11.7 Å². The Morgan fingerprint density at radius 2 is 2.33 bits per heavy atom. The second-order valence-corrected chi connectivity index (χ2v) is 2.93. The molecule has 1 rings (SSSR count). The highest BCUT2D eigenvalue weighted by Crippen LogP contribution is 2.25. The fourth-order valence-corrected chi connectivity index (χ4v) is 1.21. The number of carboxylic acid groups (broad SMARTS) is 1. The SMILES string of the molecule is COc1cc(CC(=O)O)c(N)cc1C#N. The first-order valence-corrected chi connectivity index (χ1v) is 4.16. The van der Waals surface area contributed by atoms with Crippen molar-refractivity contribution in [3.8, 4) is 11.8 Å². The smallest absolute Gasteiger partial charge is 0.307 e. The summed E-state index contributed by atoms with van der Waals surface area (Å²) >= 11 is 0. The first-order chi connectivity index (χ1) is 7.08. The standard InChI is InChI=1S/C10H10N2O3/c1-15-9-3-6(4-10(13)14)8(12)2-7(9)5-11/h2-3H,4,12H2,1H3,(H,13,14). The zero-order valence-corrected chi connectivity index (χ0v) is 8.15. The predicted molar refractivity (Wildman–Crippen MR) is 53.5 cm³/mol. The number of methoxy groups -OCH3 is 1. The molecule has 5 heteroatoms. The van der Waals surface area contributed by atoms with Crippen LogP contribution in [0, 0.1) is 11.3 Å². The fourth-order valence-electron chi connectivity index (χ4n) is 1.21. The monoisotopic (exact) mass is 206 g/mol. The molecule has 0 aliphatic carbocycles. The molecule has 0 heterocycles. The highest BCUT2D eigenvalue weighted by molar-refractivity contribution is 5.74. The predicted octanol–water partition coefficient (Wildman–Crippen LogP) is 0.776. The number of anilines is 1. The molecular formula is C10H10N2O3. The maximum Gasteiger partial charge on any atom is 0.307 e. The van der Waals surface area contributed by atoms with Crippen LogP contribution in [0.3, 0.4) is 0 Å². The van der Waals surface area contributed by atoms with Crippen molar-refractivity contribution in [1.82, 2.24) is 0 Å². The molecule has 0 unspecified atom stereocenters. The van der Waals surface area contributed by atoms with Crippen LogP contribution in [0.1, 0.15) is 11.1 Å². The lowest BCUT2D eigenvalue weighted by molar-refractivity contribution is -0.136. The third kappa shape index (κ3) is 2.38. The van der Waals surface area contributed by atoms with E-state index in [0.29, 0.717) is 16.9 Å². The summed E-state index contributed by atoms with van der Waals surface area (Å²) in [5, 5.41) is 17.4. The van der Waals surface area contributed by atoms with Gasteiger partial charge in [-0.25, -0.2) is 0 Å². The molecule has 5 nitrogen and oxygen atoms in total. The van der Waals surface area contributed by atoms with E-state index in [1.165, 1.54) is 19.2 Å². The first kappa shape index (κ1) is 10.9. The van der Waals surface area contributed by atoms with E-state index in [9.17, 15) is 4.79 Å². The maximum atomic E-state index is 10.5. The summed E-state index contributed by atoms with van der Waals surface area (Å²) in [5.41, 5.74) is 6.62.